The first-order valence-corrected chi connectivity index (χ1v) is 11.8. The number of sulfonamides is 1. The number of hydrogen-bond acceptors (Lipinski definition) is 3. The number of anilines is 1. The highest BCUT2D eigenvalue weighted by atomic mass is 32.2. The average Bonchev–Trinajstić information content (AvgIpc) is 2.49. The largest absolute Gasteiger partial charge is 0.507 e. The Morgan fingerprint density at radius 1 is 0.852 bits per heavy atom. The highest BCUT2D eigenvalue weighted by molar-refractivity contribution is 7.92. The van der Waals surface area contributed by atoms with Crippen LogP contribution in [0.3, 0.4) is 0 Å². The second-order valence-electron chi connectivity index (χ2n) is 9.61. The van der Waals surface area contributed by atoms with Crippen molar-refractivity contribution in [1.29, 1.82) is 0 Å². The number of nitrogens with one attached hydrogen (secondary N) is 1. The molecule has 1 aromatic carbocycles. The molecule has 0 aromatic heterocycles. The van der Waals surface area contributed by atoms with Gasteiger partial charge in [0.25, 0.3) is 0 Å². The summed E-state index contributed by atoms with van der Waals surface area (Å²) >= 11 is 0. The van der Waals surface area contributed by atoms with Gasteiger partial charge in [-0.3, -0.25) is 4.72 Å². The molecule has 0 amide bonds. The van der Waals surface area contributed by atoms with E-state index in [2.05, 4.69) is 11.6 Å². The van der Waals surface area contributed by atoms with E-state index in [0.717, 1.165) is 24.0 Å². The smallest absolute Gasteiger partial charge is 0.232 e. The minimum absolute atomic E-state index is 0.135. The molecule has 0 saturated carbocycles. The van der Waals surface area contributed by atoms with Gasteiger partial charge in [0.15, 0.2) is 0 Å². The summed E-state index contributed by atoms with van der Waals surface area (Å²) in [5.74, 6) is 0.393. The molecule has 0 bridgehead atoms. The van der Waals surface area contributed by atoms with Crippen LogP contribution in [0.4, 0.5) is 5.69 Å². The molecule has 4 nitrogen and oxygen atoms in total. The van der Waals surface area contributed by atoms with Crippen LogP contribution in [0, 0.1) is 0 Å². The highest BCUT2D eigenvalue weighted by Gasteiger charge is 2.27. The Labute approximate surface area is 166 Å². The van der Waals surface area contributed by atoms with Gasteiger partial charge in [-0.05, 0) is 29.4 Å². The molecular formula is C22H39NO3S. The fourth-order valence-electron chi connectivity index (χ4n) is 3.14. The molecule has 0 aliphatic heterocycles. The Kier molecular flexibility index (Phi) is 8.21. The summed E-state index contributed by atoms with van der Waals surface area (Å²) in [6, 6.07) is 3.53. The number of phenols is 1. The molecule has 0 saturated heterocycles. The summed E-state index contributed by atoms with van der Waals surface area (Å²) in [5, 5.41) is 10.7. The minimum Gasteiger partial charge on any atom is -0.507 e. The zero-order chi connectivity index (χ0) is 20.9. The van der Waals surface area contributed by atoms with E-state index < -0.39 is 10.0 Å². The number of rotatable bonds is 9. The van der Waals surface area contributed by atoms with Crippen LogP contribution in [-0.4, -0.2) is 19.3 Å². The fourth-order valence-corrected chi connectivity index (χ4v) is 4.30. The molecule has 0 atom stereocenters. The van der Waals surface area contributed by atoms with Gasteiger partial charge < -0.3 is 5.11 Å². The van der Waals surface area contributed by atoms with Crippen molar-refractivity contribution in [1.82, 2.24) is 0 Å². The normalized spacial score (nSPS) is 13.0. The van der Waals surface area contributed by atoms with E-state index in [1.807, 2.05) is 41.5 Å². The van der Waals surface area contributed by atoms with Gasteiger partial charge in [-0.15, -0.1) is 0 Å². The predicted octanol–water partition coefficient (Wildman–Crippen LogP) is 6.09. The van der Waals surface area contributed by atoms with E-state index >= 15 is 0 Å². The van der Waals surface area contributed by atoms with Gasteiger partial charge in [0.1, 0.15) is 5.75 Å². The molecule has 27 heavy (non-hydrogen) atoms. The maximum absolute atomic E-state index is 12.5. The summed E-state index contributed by atoms with van der Waals surface area (Å²) < 4.78 is 27.8. The van der Waals surface area contributed by atoms with E-state index in [9.17, 15) is 13.5 Å². The Morgan fingerprint density at radius 2 is 1.30 bits per heavy atom. The average molecular weight is 398 g/mol. The van der Waals surface area contributed by atoms with Gasteiger partial charge in [-0.1, -0.05) is 80.6 Å². The Hall–Kier alpha value is -1.23. The zero-order valence-electron chi connectivity index (χ0n) is 18.3. The Balaban J connectivity index is 2.99. The summed E-state index contributed by atoms with van der Waals surface area (Å²) in [6.07, 6.45) is 6.28. The van der Waals surface area contributed by atoms with Gasteiger partial charge in [0, 0.05) is 16.8 Å². The molecule has 0 spiro atoms. The maximum atomic E-state index is 12.5. The lowest BCUT2D eigenvalue weighted by Crippen LogP contribution is -2.21. The zero-order valence-corrected chi connectivity index (χ0v) is 19.1. The standard InChI is InChI=1S/C22H39NO3S/c1-8-9-10-11-12-13-14-27(25,26)23-17-15-18(21(2,3)4)20(24)19(16-17)22(5,6)7/h15-16,23-24H,8-14H2,1-7H3. The van der Waals surface area contributed by atoms with E-state index in [4.69, 9.17) is 0 Å². The summed E-state index contributed by atoms with van der Waals surface area (Å²) in [6.45, 7) is 14.3. The van der Waals surface area contributed by atoms with Crippen molar-refractivity contribution >= 4 is 15.7 Å². The van der Waals surface area contributed by atoms with Crippen molar-refractivity contribution in [3.8, 4) is 5.75 Å². The second-order valence-corrected chi connectivity index (χ2v) is 11.5. The molecule has 0 heterocycles. The number of hydrogen-bond donors (Lipinski definition) is 2. The molecule has 2 N–H and O–H groups in total. The van der Waals surface area contributed by atoms with Crippen molar-refractivity contribution in [2.24, 2.45) is 0 Å². The second kappa shape index (κ2) is 9.31. The number of phenolic OH excluding ortho intramolecular Hbond substituents is 1. The topological polar surface area (TPSA) is 66.4 Å². The number of unbranched alkanes of at least 4 members (excludes halogenated alkanes) is 5. The molecule has 1 aromatic rings. The van der Waals surface area contributed by atoms with Crippen LogP contribution in [0.25, 0.3) is 0 Å². The maximum Gasteiger partial charge on any atom is 0.232 e. The van der Waals surface area contributed by atoms with Crippen LogP contribution < -0.4 is 4.72 Å². The van der Waals surface area contributed by atoms with Crippen molar-refractivity contribution < 1.29 is 13.5 Å². The van der Waals surface area contributed by atoms with Gasteiger partial charge >= 0.3 is 0 Å². The van der Waals surface area contributed by atoms with Crippen LogP contribution in [-0.2, 0) is 20.9 Å². The van der Waals surface area contributed by atoms with E-state index in [-0.39, 0.29) is 22.3 Å². The van der Waals surface area contributed by atoms with Crippen LogP contribution in [0.2, 0.25) is 0 Å². The molecule has 0 radical (unpaired) electrons. The Bertz CT molecular complexity index is 675. The molecule has 1 rings (SSSR count). The molecule has 0 aliphatic carbocycles. The van der Waals surface area contributed by atoms with Gasteiger partial charge in [0.2, 0.25) is 10.0 Å². The van der Waals surface area contributed by atoms with Crippen molar-refractivity contribution in [3.05, 3.63) is 23.3 Å². The Morgan fingerprint density at radius 3 is 1.74 bits per heavy atom. The van der Waals surface area contributed by atoms with Crippen LogP contribution in [0.15, 0.2) is 12.1 Å². The minimum atomic E-state index is -3.40. The van der Waals surface area contributed by atoms with Crippen LogP contribution in [0.5, 0.6) is 5.75 Å². The van der Waals surface area contributed by atoms with Crippen LogP contribution in [0.1, 0.15) is 98.1 Å². The lowest BCUT2D eigenvalue weighted by Gasteiger charge is -2.28. The lowest BCUT2D eigenvalue weighted by atomic mass is 9.79. The third-order valence-electron chi connectivity index (χ3n) is 4.77. The lowest BCUT2D eigenvalue weighted by molar-refractivity contribution is 0.423. The number of benzene rings is 1. The predicted molar refractivity (Wildman–Crippen MR) is 116 cm³/mol. The molecule has 0 aliphatic rings. The van der Waals surface area contributed by atoms with E-state index in [1.165, 1.54) is 19.3 Å². The summed E-state index contributed by atoms with van der Waals surface area (Å²) in [5.41, 5.74) is 1.48. The number of aromatic hydroxyl groups is 1. The monoisotopic (exact) mass is 397 g/mol. The van der Waals surface area contributed by atoms with Gasteiger partial charge in [0.05, 0.1) is 5.75 Å². The first-order valence-electron chi connectivity index (χ1n) is 10.2. The van der Waals surface area contributed by atoms with Crippen molar-refractivity contribution in [2.45, 2.75) is 97.8 Å². The first kappa shape index (κ1) is 23.8. The fraction of sp³-hybridized carbons (Fsp3) is 0.727. The third kappa shape index (κ3) is 7.73. The quantitative estimate of drug-likeness (QED) is 0.391. The molecule has 0 fully saturated rings. The summed E-state index contributed by atoms with van der Waals surface area (Å²) in [4.78, 5) is 0. The summed E-state index contributed by atoms with van der Waals surface area (Å²) in [7, 11) is -3.40. The molecule has 0 unspecified atom stereocenters. The molecule has 5 heteroatoms. The molecule has 156 valence electrons. The van der Waals surface area contributed by atoms with Crippen molar-refractivity contribution in [3.63, 3.8) is 0 Å². The third-order valence-corrected chi connectivity index (χ3v) is 6.14. The van der Waals surface area contributed by atoms with E-state index in [0.29, 0.717) is 12.1 Å². The highest BCUT2D eigenvalue weighted by Crippen LogP contribution is 2.41. The SMILES string of the molecule is CCCCCCCCS(=O)(=O)Nc1cc(C(C)(C)C)c(O)c(C(C)(C)C)c1. The van der Waals surface area contributed by atoms with Crippen molar-refractivity contribution in [2.75, 3.05) is 10.5 Å². The molecular weight excluding hydrogens is 358 g/mol. The van der Waals surface area contributed by atoms with Gasteiger partial charge in [-0.25, -0.2) is 8.42 Å². The van der Waals surface area contributed by atoms with E-state index in [1.54, 1.807) is 12.1 Å². The van der Waals surface area contributed by atoms with Gasteiger partial charge in [-0.2, -0.15) is 0 Å². The first-order chi connectivity index (χ1) is 12.3. The van der Waals surface area contributed by atoms with Crippen LogP contribution >= 0.6 is 0 Å².